The Morgan fingerprint density at radius 2 is 2.06 bits per heavy atom. The van der Waals surface area contributed by atoms with Crippen LogP contribution in [0.2, 0.25) is 0 Å². The predicted molar refractivity (Wildman–Crippen MR) is 71.4 cm³/mol. The zero-order valence-electron chi connectivity index (χ0n) is 11.0. The van der Waals surface area contributed by atoms with Gasteiger partial charge in [-0.15, -0.1) is 0 Å². The highest BCUT2D eigenvalue weighted by Gasteiger charge is 2.29. The van der Waals surface area contributed by atoms with E-state index < -0.39 is 12.0 Å². The lowest BCUT2D eigenvalue weighted by Gasteiger charge is -2.32. The second-order valence-electron chi connectivity index (χ2n) is 4.85. The maximum Gasteiger partial charge on any atom is 0.320 e. The molecule has 18 heavy (non-hydrogen) atoms. The number of aliphatic carboxylic acids is 1. The first-order valence-electron chi connectivity index (χ1n) is 6.56. The minimum absolute atomic E-state index is 0.0914. The summed E-state index contributed by atoms with van der Waals surface area (Å²) in [4.78, 5) is 17.1. The molecule has 1 aliphatic rings. The third-order valence-electron chi connectivity index (χ3n) is 3.52. The number of carboxylic acid groups (broad SMARTS) is 1. The molecule has 104 valence electrons. The maximum absolute atomic E-state index is 11.1. The molecule has 0 radical (unpaired) electrons. The molecule has 0 amide bonds. The number of hydrogen-bond acceptors (Lipinski definition) is 3. The van der Waals surface area contributed by atoms with Crippen LogP contribution in [0, 0.1) is 0 Å². The molecule has 0 aromatic carbocycles. The summed E-state index contributed by atoms with van der Waals surface area (Å²) in [6.45, 7) is 3.04. The molecule has 0 aliphatic heterocycles. The standard InChI is InChI=1S/C12H24N4O2/c1-9(11(17)18)16(10-5-2-3-6-10)8-4-7-15-12(13)14/h9-10H,2-8H2,1H3,(H,17,18)(H4,13,14,15)/t9-/m0/s1. The van der Waals surface area contributed by atoms with Gasteiger partial charge in [0.2, 0.25) is 0 Å². The van der Waals surface area contributed by atoms with Crippen molar-refractivity contribution in [2.24, 2.45) is 16.5 Å². The van der Waals surface area contributed by atoms with Crippen LogP contribution in [-0.4, -0.2) is 47.1 Å². The van der Waals surface area contributed by atoms with E-state index in [2.05, 4.69) is 9.89 Å². The Hall–Kier alpha value is -1.30. The highest BCUT2D eigenvalue weighted by atomic mass is 16.4. The molecule has 1 fully saturated rings. The van der Waals surface area contributed by atoms with Crippen LogP contribution in [0.1, 0.15) is 39.0 Å². The van der Waals surface area contributed by atoms with E-state index in [9.17, 15) is 4.79 Å². The number of nitrogens with two attached hydrogens (primary N) is 2. The van der Waals surface area contributed by atoms with Gasteiger partial charge in [0, 0.05) is 19.1 Å². The molecule has 0 bridgehead atoms. The van der Waals surface area contributed by atoms with Crippen LogP contribution in [0.5, 0.6) is 0 Å². The Kier molecular flexibility index (Phi) is 5.91. The van der Waals surface area contributed by atoms with E-state index in [0.29, 0.717) is 12.6 Å². The molecule has 1 rings (SSSR count). The quantitative estimate of drug-likeness (QED) is 0.347. The molecule has 0 heterocycles. The SMILES string of the molecule is C[C@@H](C(=O)O)N(CCCN=C(N)N)C1CCCC1. The lowest BCUT2D eigenvalue weighted by Crippen LogP contribution is -2.45. The van der Waals surface area contributed by atoms with Gasteiger partial charge in [0.15, 0.2) is 5.96 Å². The zero-order valence-corrected chi connectivity index (χ0v) is 11.0. The van der Waals surface area contributed by atoms with E-state index in [4.69, 9.17) is 16.6 Å². The van der Waals surface area contributed by atoms with Gasteiger partial charge in [-0.1, -0.05) is 12.8 Å². The molecule has 0 aromatic heterocycles. The summed E-state index contributed by atoms with van der Waals surface area (Å²) in [7, 11) is 0. The summed E-state index contributed by atoms with van der Waals surface area (Å²) in [6, 6.07) is -0.0393. The molecule has 0 spiro atoms. The van der Waals surface area contributed by atoms with Gasteiger partial charge in [-0.25, -0.2) is 0 Å². The zero-order chi connectivity index (χ0) is 13.5. The van der Waals surface area contributed by atoms with Crippen LogP contribution in [0.3, 0.4) is 0 Å². The molecule has 0 saturated heterocycles. The molecule has 1 atom stereocenters. The fourth-order valence-corrected chi connectivity index (χ4v) is 2.53. The third kappa shape index (κ3) is 4.52. The van der Waals surface area contributed by atoms with Crippen molar-refractivity contribution in [2.75, 3.05) is 13.1 Å². The Morgan fingerprint density at radius 3 is 2.56 bits per heavy atom. The summed E-state index contributed by atoms with van der Waals surface area (Å²) < 4.78 is 0. The van der Waals surface area contributed by atoms with Crippen LogP contribution in [-0.2, 0) is 4.79 Å². The average Bonchev–Trinajstić information content (AvgIpc) is 2.81. The summed E-state index contributed by atoms with van der Waals surface area (Å²) in [5, 5.41) is 9.15. The first kappa shape index (κ1) is 14.8. The fourth-order valence-electron chi connectivity index (χ4n) is 2.53. The van der Waals surface area contributed by atoms with E-state index in [1.165, 1.54) is 12.8 Å². The van der Waals surface area contributed by atoms with Crippen molar-refractivity contribution < 1.29 is 9.90 Å². The maximum atomic E-state index is 11.1. The number of guanidine groups is 1. The monoisotopic (exact) mass is 256 g/mol. The van der Waals surface area contributed by atoms with Gasteiger partial charge in [-0.3, -0.25) is 14.7 Å². The Bertz CT molecular complexity index is 296. The van der Waals surface area contributed by atoms with Gasteiger partial charge in [0.25, 0.3) is 0 Å². The first-order valence-corrected chi connectivity index (χ1v) is 6.56. The number of rotatable bonds is 7. The van der Waals surface area contributed by atoms with Crippen molar-refractivity contribution in [3.05, 3.63) is 0 Å². The smallest absolute Gasteiger partial charge is 0.320 e. The van der Waals surface area contributed by atoms with E-state index >= 15 is 0 Å². The van der Waals surface area contributed by atoms with E-state index in [1.54, 1.807) is 6.92 Å². The second-order valence-corrected chi connectivity index (χ2v) is 4.85. The molecule has 6 heteroatoms. The van der Waals surface area contributed by atoms with Crippen LogP contribution >= 0.6 is 0 Å². The van der Waals surface area contributed by atoms with E-state index in [1.807, 2.05) is 0 Å². The average molecular weight is 256 g/mol. The van der Waals surface area contributed by atoms with Gasteiger partial charge >= 0.3 is 5.97 Å². The van der Waals surface area contributed by atoms with Crippen molar-refractivity contribution in [3.8, 4) is 0 Å². The normalized spacial score (nSPS) is 17.9. The molecule has 6 nitrogen and oxygen atoms in total. The highest BCUT2D eigenvalue weighted by Crippen LogP contribution is 2.25. The van der Waals surface area contributed by atoms with Gasteiger partial charge in [0.05, 0.1) is 0 Å². The van der Waals surface area contributed by atoms with E-state index in [0.717, 1.165) is 25.8 Å². The lowest BCUT2D eigenvalue weighted by molar-refractivity contribution is -0.143. The number of aliphatic imine (C=N–C) groups is 1. The highest BCUT2D eigenvalue weighted by molar-refractivity contribution is 5.75. The van der Waals surface area contributed by atoms with Crippen molar-refractivity contribution in [1.82, 2.24) is 4.90 Å². The number of carboxylic acids is 1. The van der Waals surface area contributed by atoms with Crippen molar-refractivity contribution >= 4 is 11.9 Å². The molecule has 0 unspecified atom stereocenters. The topological polar surface area (TPSA) is 105 Å². The minimum Gasteiger partial charge on any atom is -0.480 e. The largest absolute Gasteiger partial charge is 0.480 e. The summed E-state index contributed by atoms with van der Waals surface area (Å²) in [5.41, 5.74) is 10.5. The van der Waals surface area contributed by atoms with E-state index in [-0.39, 0.29) is 5.96 Å². The molecular formula is C12H24N4O2. The van der Waals surface area contributed by atoms with Gasteiger partial charge in [-0.05, 0) is 26.2 Å². The molecule has 0 aromatic rings. The molecule has 1 saturated carbocycles. The molecule has 1 aliphatic carbocycles. The summed E-state index contributed by atoms with van der Waals surface area (Å²) >= 11 is 0. The summed E-state index contributed by atoms with van der Waals surface area (Å²) in [5.74, 6) is -0.669. The summed E-state index contributed by atoms with van der Waals surface area (Å²) in [6.07, 6.45) is 5.37. The van der Waals surface area contributed by atoms with Gasteiger partial charge < -0.3 is 16.6 Å². The predicted octanol–water partition coefficient (Wildman–Crippen LogP) is 0.368. The van der Waals surface area contributed by atoms with Crippen molar-refractivity contribution in [2.45, 2.75) is 51.1 Å². The van der Waals surface area contributed by atoms with Crippen LogP contribution < -0.4 is 11.5 Å². The number of hydrogen-bond donors (Lipinski definition) is 3. The second kappa shape index (κ2) is 7.20. The Morgan fingerprint density at radius 1 is 1.44 bits per heavy atom. The van der Waals surface area contributed by atoms with Crippen LogP contribution in [0.25, 0.3) is 0 Å². The van der Waals surface area contributed by atoms with Crippen LogP contribution in [0.15, 0.2) is 4.99 Å². The number of nitrogens with zero attached hydrogens (tertiary/aromatic N) is 2. The first-order chi connectivity index (χ1) is 8.52. The Labute approximate surface area is 108 Å². The van der Waals surface area contributed by atoms with Crippen molar-refractivity contribution in [3.63, 3.8) is 0 Å². The van der Waals surface area contributed by atoms with Gasteiger partial charge in [-0.2, -0.15) is 0 Å². The molecular weight excluding hydrogens is 232 g/mol. The number of carbonyl (C=O) groups is 1. The molecule has 5 N–H and O–H groups in total. The van der Waals surface area contributed by atoms with Gasteiger partial charge in [0.1, 0.15) is 6.04 Å². The third-order valence-corrected chi connectivity index (χ3v) is 3.52. The minimum atomic E-state index is -0.760. The van der Waals surface area contributed by atoms with Crippen molar-refractivity contribution in [1.29, 1.82) is 0 Å². The Balaban J connectivity index is 2.49. The lowest BCUT2D eigenvalue weighted by atomic mass is 10.1. The fraction of sp³-hybridized carbons (Fsp3) is 0.833. The van der Waals surface area contributed by atoms with Crippen LogP contribution in [0.4, 0.5) is 0 Å².